The van der Waals surface area contributed by atoms with Crippen molar-refractivity contribution in [1.29, 1.82) is 0 Å². The average molecular weight is 934 g/mol. The lowest BCUT2D eigenvalue weighted by Gasteiger charge is -2.15. The summed E-state index contributed by atoms with van der Waals surface area (Å²) in [5.74, 6) is -0.561. The van der Waals surface area contributed by atoms with E-state index in [1.807, 2.05) is 0 Å². The molecule has 1 atom stereocenters. The summed E-state index contributed by atoms with van der Waals surface area (Å²) in [6.45, 7) is 4.22. The molecule has 0 fully saturated rings. The summed E-state index contributed by atoms with van der Waals surface area (Å²) in [6, 6.07) is 0. The molecule has 0 aromatic carbocycles. The van der Waals surface area contributed by atoms with E-state index < -0.39 is 6.10 Å². The van der Waals surface area contributed by atoms with Crippen LogP contribution in [-0.2, 0) is 19.1 Å². The Balaban J connectivity index is 3.38. The predicted molar refractivity (Wildman–Crippen MR) is 289 cm³/mol. The van der Waals surface area contributed by atoms with Crippen LogP contribution in [0.4, 0.5) is 0 Å². The molecule has 0 aliphatic carbocycles. The van der Waals surface area contributed by atoms with Gasteiger partial charge >= 0.3 is 11.9 Å². The Morgan fingerprint density at radius 2 is 0.470 bits per heavy atom. The zero-order valence-corrected chi connectivity index (χ0v) is 45.3. The van der Waals surface area contributed by atoms with Gasteiger partial charge in [-0.15, -0.1) is 0 Å². The van der Waals surface area contributed by atoms with Gasteiger partial charge in [0.2, 0.25) is 0 Å². The Hall–Kier alpha value is -1.10. The van der Waals surface area contributed by atoms with E-state index in [1.54, 1.807) is 0 Å². The number of hydrogen-bond donors (Lipinski definition) is 1. The first kappa shape index (κ1) is 64.9. The molecule has 0 aliphatic rings. The quantitative estimate of drug-likeness (QED) is 0.0486. The number of carbonyl (C=O) groups is 2. The summed E-state index contributed by atoms with van der Waals surface area (Å²) in [5.41, 5.74) is 0. The van der Waals surface area contributed by atoms with Crippen LogP contribution in [0.25, 0.3) is 0 Å². The molecule has 0 heterocycles. The summed E-state index contributed by atoms with van der Waals surface area (Å²) in [5, 5.41) is 9.67. The van der Waals surface area contributed by atoms with Gasteiger partial charge in [-0.3, -0.25) is 9.59 Å². The third-order valence-corrected chi connectivity index (χ3v) is 14.4. The monoisotopic (exact) mass is 933 g/mol. The zero-order valence-electron chi connectivity index (χ0n) is 45.3. The highest BCUT2D eigenvalue weighted by Crippen LogP contribution is 2.19. The number of rotatable bonds is 58. The van der Waals surface area contributed by atoms with E-state index >= 15 is 0 Å². The van der Waals surface area contributed by atoms with Crippen molar-refractivity contribution in [3.8, 4) is 0 Å². The lowest BCUT2D eigenvalue weighted by atomic mass is 10.0. The molecule has 5 heteroatoms. The normalized spacial score (nSPS) is 12.0. The van der Waals surface area contributed by atoms with Crippen molar-refractivity contribution < 1.29 is 24.2 Å². The highest BCUT2D eigenvalue weighted by atomic mass is 16.6. The minimum atomic E-state index is -0.764. The maximum absolute atomic E-state index is 12.3. The number of aliphatic hydroxyl groups excluding tert-OH is 1. The van der Waals surface area contributed by atoms with Crippen molar-refractivity contribution in [2.45, 2.75) is 367 Å². The molecule has 394 valence electrons. The molecule has 66 heavy (non-hydrogen) atoms. The van der Waals surface area contributed by atoms with Crippen LogP contribution in [-0.4, -0.2) is 36.4 Å². The highest BCUT2D eigenvalue weighted by molar-refractivity contribution is 5.70. The van der Waals surface area contributed by atoms with E-state index in [4.69, 9.17) is 9.47 Å². The minimum Gasteiger partial charge on any atom is -0.462 e. The van der Waals surface area contributed by atoms with Crippen molar-refractivity contribution in [2.24, 2.45) is 0 Å². The van der Waals surface area contributed by atoms with Gasteiger partial charge in [-0.1, -0.05) is 335 Å². The molecule has 0 spiro atoms. The molecule has 0 aromatic heterocycles. The van der Waals surface area contributed by atoms with Gasteiger partial charge in [-0.25, -0.2) is 0 Å². The third-order valence-electron chi connectivity index (χ3n) is 14.4. The zero-order chi connectivity index (χ0) is 47.7. The molecule has 0 radical (unpaired) electrons. The van der Waals surface area contributed by atoms with Gasteiger partial charge < -0.3 is 14.6 Å². The topological polar surface area (TPSA) is 72.8 Å². The van der Waals surface area contributed by atoms with Gasteiger partial charge in [0.25, 0.3) is 0 Å². The molecule has 0 aromatic rings. The van der Waals surface area contributed by atoms with Crippen molar-refractivity contribution >= 4 is 11.9 Å². The smallest absolute Gasteiger partial charge is 0.306 e. The second kappa shape index (κ2) is 58.2. The van der Waals surface area contributed by atoms with Crippen LogP contribution < -0.4 is 0 Å². The first-order valence-corrected chi connectivity index (χ1v) is 30.6. The number of carbonyl (C=O) groups excluding carboxylic acids is 2. The molecular weight excluding hydrogens is 813 g/mol. The van der Waals surface area contributed by atoms with Gasteiger partial charge in [0, 0.05) is 12.8 Å². The van der Waals surface area contributed by atoms with E-state index in [2.05, 4.69) is 13.8 Å². The summed E-state index contributed by atoms with van der Waals surface area (Å²) in [7, 11) is 0. The van der Waals surface area contributed by atoms with Gasteiger partial charge in [-0.2, -0.15) is 0 Å². The summed E-state index contributed by atoms with van der Waals surface area (Å²) < 4.78 is 10.7. The second-order valence-electron chi connectivity index (χ2n) is 21.2. The lowest BCUT2D eigenvalue weighted by molar-refractivity contribution is -0.161. The van der Waals surface area contributed by atoms with Crippen molar-refractivity contribution in [3.63, 3.8) is 0 Å². The lowest BCUT2D eigenvalue weighted by Crippen LogP contribution is -2.28. The van der Waals surface area contributed by atoms with Gasteiger partial charge in [-0.05, 0) is 12.8 Å². The fraction of sp³-hybridized carbons (Fsp3) is 0.967. The molecule has 1 N–H and O–H groups in total. The van der Waals surface area contributed by atoms with E-state index in [1.165, 1.54) is 302 Å². The van der Waals surface area contributed by atoms with Crippen molar-refractivity contribution in [2.75, 3.05) is 13.2 Å². The Morgan fingerprint density at radius 3 is 0.667 bits per heavy atom. The Labute approximate surface area is 414 Å². The first-order chi connectivity index (χ1) is 32.6. The molecule has 0 saturated heterocycles. The van der Waals surface area contributed by atoms with Crippen LogP contribution in [0.3, 0.4) is 0 Å². The maximum Gasteiger partial charge on any atom is 0.306 e. The molecular formula is C61H120O5. The Kier molecular flexibility index (Phi) is 57.2. The number of hydrogen-bond acceptors (Lipinski definition) is 5. The summed E-state index contributed by atoms with van der Waals surface area (Å²) >= 11 is 0. The molecule has 0 bridgehead atoms. The molecule has 1 unspecified atom stereocenters. The van der Waals surface area contributed by atoms with Crippen LogP contribution >= 0.6 is 0 Å². The number of ether oxygens (including phenoxy) is 2. The van der Waals surface area contributed by atoms with Crippen LogP contribution in [0.5, 0.6) is 0 Å². The van der Waals surface area contributed by atoms with Gasteiger partial charge in [0.1, 0.15) is 6.61 Å². The van der Waals surface area contributed by atoms with Gasteiger partial charge in [0.15, 0.2) is 6.10 Å². The molecule has 0 saturated carbocycles. The SMILES string of the molecule is CCCCCCCCCCCCCCCCCCCCCCCCCCCCCC(=O)OC(CO)COC(=O)CCCCCCCCCCCCCCCCCCCCCCCCCCC. The molecule has 0 aliphatic heterocycles. The number of aliphatic hydroxyl groups is 1. The van der Waals surface area contributed by atoms with Crippen molar-refractivity contribution in [1.82, 2.24) is 0 Å². The molecule has 0 rings (SSSR count). The third kappa shape index (κ3) is 55.5. The Morgan fingerprint density at radius 1 is 0.288 bits per heavy atom. The van der Waals surface area contributed by atoms with Crippen LogP contribution in [0.15, 0.2) is 0 Å². The van der Waals surface area contributed by atoms with E-state index in [0.29, 0.717) is 12.8 Å². The minimum absolute atomic E-state index is 0.0555. The fourth-order valence-corrected chi connectivity index (χ4v) is 9.80. The van der Waals surface area contributed by atoms with E-state index in [9.17, 15) is 14.7 Å². The summed E-state index contributed by atoms with van der Waals surface area (Å²) in [4.78, 5) is 24.6. The standard InChI is InChI=1S/C61H120O5/c1-3-5-7-9-11-13-15-17-19-21-23-25-27-29-30-32-34-36-38-40-42-44-46-48-50-52-54-56-61(64)66-59(57-62)58-65-60(63)55-53-51-49-47-45-43-41-39-37-35-33-31-28-26-24-22-20-18-16-14-12-10-8-6-4-2/h59,62H,3-58H2,1-2H3. The van der Waals surface area contributed by atoms with Gasteiger partial charge in [0.05, 0.1) is 6.61 Å². The molecule has 5 nitrogen and oxygen atoms in total. The van der Waals surface area contributed by atoms with E-state index in [0.717, 1.165) is 32.1 Å². The predicted octanol–water partition coefficient (Wildman–Crippen LogP) is 20.5. The van der Waals surface area contributed by atoms with Crippen molar-refractivity contribution in [3.05, 3.63) is 0 Å². The maximum atomic E-state index is 12.3. The number of esters is 2. The largest absolute Gasteiger partial charge is 0.462 e. The van der Waals surface area contributed by atoms with Crippen LogP contribution in [0, 0.1) is 0 Å². The summed E-state index contributed by atoms with van der Waals surface area (Å²) in [6.07, 6.45) is 71.0. The fourth-order valence-electron chi connectivity index (χ4n) is 9.80. The number of unbranched alkanes of at least 4 members (excludes halogenated alkanes) is 50. The Bertz CT molecular complexity index is 921. The van der Waals surface area contributed by atoms with Crippen LogP contribution in [0.1, 0.15) is 361 Å². The highest BCUT2D eigenvalue weighted by Gasteiger charge is 2.16. The average Bonchev–Trinajstić information content (AvgIpc) is 3.32. The second-order valence-corrected chi connectivity index (χ2v) is 21.2. The first-order valence-electron chi connectivity index (χ1n) is 30.6. The van der Waals surface area contributed by atoms with Crippen LogP contribution in [0.2, 0.25) is 0 Å². The molecule has 0 amide bonds. The van der Waals surface area contributed by atoms with E-state index in [-0.39, 0.29) is 25.2 Å².